The van der Waals surface area contributed by atoms with Crippen LogP contribution in [0.1, 0.15) is 24.4 Å². The number of H-pyrrole nitrogens is 1. The lowest BCUT2D eigenvalue weighted by atomic mass is 10.1. The van der Waals surface area contributed by atoms with Crippen molar-refractivity contribution < 1.29 is 0 Å². The van der Waals surface area contributed by atoms with Gasteiger partial charge >= 0.3 is 0 Å². The summed E-state index contributed by atoms with van der Waals surface area (Å²) in [4.78, 5) is 20.2. The second-order valence-corrected chi connectivity index (χ2v) is 7.27. The first-order chi connectivity index (χ1) is 12.9. The number of fused-ring (bicyclic) bond motifs is 1. The molecule has 0 aliphatic carbocycles. The summed E-state index contributed by atoms with van der Waals surface area (Å²) in [6, 6.07) is 14.3. The second-order valence-electron chi connectivity index (χ2n) is 6.45. The molecule has 136 valence electrons. The monoisotopic (exact) mass is 398 g/mol. The normalized spacial score (nSPS) is 12.4. The Morgan fingerprint density at radius 2 is 1.85 bits per heavy atom. The molecule has 2 heterocycles. The number of nitrogens with one attached hydrogen (secondary N) is 1. The Morgan fingerprint density at radius 3 is 2.63 bits per heavy atom. The number of aromatic amines is 1. The standard InChI is InChI=1S/C20H16Cl2N4O/c1-11-4-3-5-13(8-11)16-6-7-19(27)26(25-16)12(2)20-23-17-9-14(21)15(22)10-18(17)24-20/h3-10,12H,1-2H3,(H,23,24). The Hall–Kier alpha value is -2.63. The highest BCUT2D eigenvalue weighted by atomic mass is 35.5. The molecule has 0 spiro atoms. The molecule has 27 heavy (non-hydrogen) atoms. The molecule has 0 saturated carbocycles. The smallest absolute Gasteiger partial charge is 0.267 e. The van der Waals surface area contributed by atoms with E-state index in [-0.39, 0.29) is 11.6 Å². The predicted molar refractivity (Wildman–Crippen MR) is 109 cm³/mol. The Labute approximate surface area is 165 Å². The van der Waals surface area contributed by atoms with E-state index in [4.69, 9.17) is 23.2 Å². The molecule has 1 unspecified atom stereocenters. The van der Waals surface area contributed by atoms with Crippen molar-refractivity contribution in [3.63, 3.8) is 0 Å². The highest BCUT2D eigenvalue weighted by Crippen LogP contribution is 2.28. The fourth-order valence-electron chi connectivity index (χ4n) is 3.00. The van der Waals surface area contributed by atoms with Gasteiger partial charge in [-0.1, -0.05) is 47.0 Å². The fraction of sp³-hybridized carbons (Fsp3) is 0.150. The van der Waals surface area contributed by atoms with Gasteiger partial charge in [0, 0.05) is 11.6 Å². The van der Waals surface area contributed by atoms with Crippen molar-refractivity contribution in [1.82, 2.24) is 19.7 Å². The van der Waals surface area contributed by atoms with Crippen LogP contribution in [-0.4, -0.2) is 19.7 Å². The third kappa shape index (κ3) is 3.36. The molecule has 2 aromatic heterocycles. The molecule has 4 aromatic rings. The van der Waals surface area contributed by atoms with E-state index in [1.807, 2.05) is 38.1 Å². The molecule has 7 heteroatoms. The molecule has 0 bridgehead atoms. The minimum atomic E-state index is -0.382. The van der Waals surface area contributed by atoms with Gasteiger partial charge in [-0.2, -0.15) is 5.10 Å². The van der Waals surface area contributed by atoms with E-state index in [2.05, 4.69) is 15.1 Å². The van der Waals surface area contributed by atoms with Crippen LogP contribution < -0.4 is 5.56 Å². The van der Waals surface area contributed by atoms with Gasteiger partial charge in [-0.15, -0.1) is 0 Å². The van der Waals surface area contributed by atoms with Crippen LogP contribution in [0.3, 0.4) is 0 Å². The second kappa shape index (κ2) is 6.83. The van der Waals surface area contributed by atoms with E-state index >= 15 is 0 Å². The van der Waals surface area contributed by atoms with Crippen LogP contribution in [0.5, 0.6) is 0 Å². The Balaban J connectivity index is 1.78. The van der Waals surface area contributed by atoms with Crippen LogP contribution in [0, 0.1) is 6.92 Å². The average molecular weight is 399 g/mol. The molecule has 0 aliphatic heterocycles. The molecular weight excluding hydrogens is 383 g/mol. The van der Waals surface area contributed by atoms with Gasteiger partial charge in [-0.05, 0) is 38.1 Å². The molecule has 0 radical (unpaired) electrons. The van der Waals surface area contributed by atoms with Gasteiger partial charge in [0.05, 0.1) is 26.8 Å². The van der Waals surface area contributed by atoms with Gasteiger partial charge in [0.15, 0.2) is 0 Å². The zero-order valence-electron chi connectivity index (χ0n) is 14.7. The molecule has 1 atom stereocenters. The summed E-state index contributed by atoms with van der Waals surface area (Å²) in [5.41, 5.74) is 4.07. The lowest BCUT2D eigenvalue weighted by Crippen LogP contribution is -2.26. The zero-order chi connectivity index (χ0) is 19.1. The van der Waals surface area contributed by atoms with Crippen LogP contribution in [0.2, 0.25) is 10.0 Å². The number of hydrogen-bond acceptors (Lipinski definition) is 3. The van der Waals surface area contributed by atoms with Gasteiger partial charge in [0.1, 0.15) is 11.9 Å². The van der Waals surface area contributed by atoms with E-state index < -0.39 is 0 Å². The van der Waals surface area contributed by atoms with Crippen LogP contribution in [0.4, 0.5) is 0 Å². The Bertz CT molecular complexity index is 1170. The first-order valence-corrected chi connectivity index (χ1v) is 9.19. The van der Waals surface area contributed by atoms with E-state index in [1.54, 1.807) is 18.2 Å². The van der Waals surface area contributed by atoms with Crippen molar-refractivity contribution in [2.45, 2.75) is 19.9 Å². The number of nitrogens with zero attached hydrogens (tertiary/aromatic N) is 3. The van der Waals surface area contributed by atoms with Crippen LogP contribution in [0.15, 0.2) is 53.3 Å². The number of aryl methyl sites for hydroxylation is 1. The van der Waals surface area contributed by atoms with Gasteiger partial charge in [0.2, 0.25) is 0 Å². The Morgan fingerprint density at radius 1 is 1.07 bits per heavy atom. The maximum Gasteiger partial charge on any atom is 0.267 e. The average Bonchev–Trinajstić information content (AvgIpc) is 3.04. The number of benzene rings is 2. The first-order valence-electron chi connectivity index (χ1n) is 8.44. The van der Waals surface area contributed by atoms with Crippen molar-refractivity contribution in [2.75, 3.05) is 0 Å². The minimum absolute atomic E-state index is 0.199. The fourth-order valence-corrected chi connectivity index (χ4v) is 3.32. The summed E-state index contributed by atoms with van der Waals surface area (Å²) in [6.07, 6.45) is 0. The summed E-state index contributed by atoms with van der Waals surface area (Å²) in [7, 11) is 0. The Kier molecular flexibility index (Phi) is 4.50. The number of aromatic nitrogens is 4. The molecule has 4 rings (SSSR count). The molecule has 0 amide bonds. The third-order valence-electron chi connectivity index (χ3n) is 4.44. The number of hydrogen-bond donors (Lipinski definition) is 1. The highest BCUT2D eigenvalue weighted by molar-refractivity contribution is 6.42. The maximum absolute atomic E-state index is 12.4. The van der Waals surface area contributed by atoms with Crippen molar-refractivity contribution in [3.8, 4) is 11.3 Å². The lowest BCUT2D eigenvalue weighted by Gasteiger charge is -2.13. The summed E-state index contributed by atoms with van der Waals surface area (Å²) < 4.78 is 1.43. The van der Waals surface area contributed by atoms with Crippen LogP contribution in [0.25, 0.3) is 22.3 Å². The van der Waals surface area contributed by atoms with Crippen molar-refractivity contribution >= 4 is 34.2 Å². The van der Waals surface area contributed by atoms with Crippen molar-refractivity contribution in [3.05, 3.63) is 80.3 Å². The van der Waals surface area contributed by atoms with E-state index in [0.29, 0.717) is 21.4 Å². The maximum atomic E-state index is 12.4. The van der Waals surface area contributed by atoms with E-state index in [9.17, 15) is 4.79 Å². The third-order valence-corrected chi connectivity index (χ3v) is 5.17. The molecule has 2 aromatic carbocycles. The topological polar surface area (TPSA) is 63.6 Å². The summed E-state index contributed by atoms with van der Waals surface area (Å²) in [5.74, 6) is 0.610. The number of rotatable bonds is 3. The van der Waals surface area contributed by atoms with Gasteiger partial charge in [-0.3, -0.25) is 4.79 Å². The molecule has 0 aliphatic rings. The quantitative estimate of drug-likeness (QED) is 0.527. The summed E-state index contributed by atoms with van der Waals surface area (Å²) in [5, 5.41) is 5.44. The molecule has 5 nitrogen and oxygen atoms in total. The van der Waals surface area contributed by atoms with Crippen molar-refractivity contribution in [2.24, 2.45) is 0 Å². The molecule has 1 N–H and O–H groups in total. The van der Waals surface area contributed by atoms with Crippen LogP contribution in [-0.2, 0) is 0 Å². The van der Waals surface area contributed by atoms with Gasteiger partial charge in [-0.25, -0.2) is 9.67 Å². The molecule has 0 saturated heterocycles. The molecule has 0 fully saturated rings. The highest BCUT2D eigenvalue weighted by Gasteiger charge is 2.17. The number of imidazole rings is 1. The summed E-state index contributed by atoms with van der Waals surface area (Å²) >= 11 is 12.1. The largest absolute Gasteiger partial charge is 0.340 e. The lowest BCUT2D eigenvalue weighted by molar-refractivity contribution is 0.515. The SMILES string of the molecule is Cc1cccc(-c2ccc(=O)n(C(C)c3nc4cc(Cl)c(Cl)cc4[nH]3)n2)c1. The number of halogens is 2. The van der Waals surface area contributed by atoms with E-state index in [0.717, 1.165) is 22.3 Å². The van der Waals surface area contributed by atoms with Gasteiger partial charge < -0.3 is 4.98 Å². The summed E-state index contributed by atoms with van der Waals surface area (Å²) in [6.45, 7) is 3.89. The first kappa shape index (κ1) is 17.8. The van der Waals surface area contributed by atoms with Crippen molar-refractivity contribution in [1.29, 1.82) is 0 Å². The van der Waals surface area contributed by atoms with Gasteiger partial charge in [0.25, 0.3) is 5.56 Å². The molecular formula is C20H16Cl2N4O. The van der Waals surface area contributed by atoms with Crippen LogP contribution >= 0.6 is 23.2 Å². The van der Waals surface area contributed by atoms with E-state index in [1.165, 1.54) is 10.7 Å². The minimum Gasteiger partial charge on any atom is -0.340 e. The predicted octanol–water partition coefficient (Wildman–Crippen LogP) is 5.01. The zero-order valence-corrected chi connectivity index (χ0v) is 16.2.